The van der Waals surface area contributed by atoms with E-state index in [-0.39, 0.29) is 0 Å². The molecule has 2 heterocycles. The molecule has 3 N–H and O–H groups in total. The first-order valence-electron chi connectivity index (χ1n) is 6.97. The van der Waals surface area contributed by atoms with Gasteiger partial charge in [0.1, 0.15) is 11.9 Å². The van der Waals surface area contributed by atoms with Crippen LogP contribution >= 0.6 is 0 Å². The summed E-state index contributed by atoms with van der Waals surface area (Å²) in [4.78, 5) is 22.2. The summed E-state index contributed by atoms with van der Waals surface area (Å²) in [5.74, 6) is 0.695. The van der Waals surface area contributed by atoms with Crippen molar-refractivity contribution in [1.29, 1.82) is 0 Å². The quantitative estimate of drug-likeness (QED) is 0.709. The molecule has 0 amide bonds. The van der Waals surface area contributed by atoms with E-state index in [1.807, 2.05) is 11.9 Å². The van der Waals surface area contributed by atoms with Crippen molar-refractivity contribution in [3.63, 3.8) is 0 Å². The maximum Gasteiger partial charge on any atom is 0.322 e. The molecule has 7 heteroatoms. The van der Waals surface area contributed by atoms with E-state index in [0.717, 1.165) is 37.3 Å². The van der Waals surface area contributed by atoms with Crippen molar-refractivity contribution < 1.29 is 9.90 Å². The standard InChI is InChI=1S/C13H19N5O2/c1-14-11-8-3-2-4-9(8)16-13(17-11)18-6-5-15-10(7-18)12(19)20/h10,15H,2-7H2,1H3,(H,19,20)(H,14,16,17)/t10-/m1/s1. The van der Waals surface area contributed by atoms with E-state index in [2.05, 4.69) is 20.6 Å². The maximum atomic E-state index is 11.1. The van der Waals surface area contributed by atoms with Crippen LogP contribution < -0.4 is 15.5 Å². The Morgan fingerprint density at radius 1 is 1.45 bits per heavy atom. The number of piperazine rings is 1. The average Bonchev–Trinajstić information content (AvgIpc) is 2.94. The fraction of sp³-hybridized carbons (Fsp3) is 0.615. The van der Waals surface area contributed by atoms with Gasteiger partial charge in [0.25, 0.3) is 0 Å². The zero-order valence-corrected chi connectivity index (χ0v) is 11.5. The number of carbonyl (C=O) groups is 1. The summed E-state index contributed by atoms with van der Waals surface area (Å²) in [7, 11) is 1.86. The van der Waals surface area contributed by atoms with Crippen molar-refractivity contribution in [1.82, 2.24) is 15.3 Å². The molecule has 1 aliphatic carbocycles. The Morgan fingerprint density at radius 3 is 3.05 bits per heavy atom. The highest BCUT2D eigenvalue weighted by Crippen LogP contribution is 2.28. The van der Waals surface area contributed by atoms with Crippen molar-refractivity contribution in [2.24, 2.45) is 0 Å². The normalized spacial score (nSPS) is 21.6. The number of hydrogen-bond donors (Lipinski definition) is 3. The Balaban J connectivity index is 1.88. The Hall–Kier alpha value is -1.89. The highest BCUT2D eigenvalue weighted by atomic mass is 16.4. The van der Waals surface area contributed by atoms with Crippen LogP contribution in [-0.4, -0.2) is 53.8 Å². The largest absolute Gasteiger partial charge is 0.480 e. The van der Waals surface area contributed by atoms with Gasteiger partial charge in [0.2, 0.25) is 5.95 Å². The van der Waals surface area contributed by atoms with Gasteiger partial charge in [-0.3, -0.25) is 4.79 Å². The minimum absolute atomic E-state index is 0.400. The fourth-order valence-electron chi connectivity index (χ4n) is 2.86. The molecule has 1 fully saturated rings. The molecule has 1 aromatic rings. The van der Waals surface area contributed by atoms with Crippen LogP contribution in [0.15, 0.2) is 0 Å². The average molecular weight is 277 g/mol. The maximum absolute atomic E-state index is 11.1. The van der Waals surface area contributed by atoms with Crippen molar-refractivity contribution in [2.45, 2.75) is 25.3 Å². The van der Waals surface area contributed by atoms with Gasteiger partial charge in [-0.2, -0.15) is 4.98 Å². The minimum atomic E-state index is -0.829. The van der Waals surface area contributed by atoms with Gasteiger partial charge in [-0.05, 0) is 19.3 Å². The molecule has 1 saturated heterocycles. The molecule has 3 rings (SSSR count). The second-order valence-corrected chi connectivity index (χ2v) is 5.19. The van der Waals surface area contributed by atoms with Crippen molar-refractivity contribution >= 4 is 17.7 Å². The predicted molar refractivity (Wildman–Crippen MR) is 75.2 cm³/mol. The lowest BCUT2D eigenvalue weighted by Gasteiger charge is -2.32. The molecule has 1 aliphatic heterocycles. The molecule has 20 heavy (non-hydrogen) atoms. The first-order valence-corrected chi connectivity index (χ1v) is 6.97. The number of nitrogens with one attached hydrogen (secondary N) is 2. The summed E-state index contributed by atoms with van der Waals surface area (Å²) in [5.41, 5.74) is 2.31. The molecular formula is C13H19N5O2. The molecule has 1 aromatic heterocycles. The van der Waals surface area contributed by atoms with E-state index < -0.39 is 12.0 Å². The SMILES string of the molecule is CNc1nc(N2CCN[C@@H](C(=O)O)C2)nc2c1CCC2. The van der Waals surface area contributed by atoms with Crippen LogP contribution in [0.1, 0.15) is 17.7 Å². The lowest BCUT2D eigenvalue weighted by Crippen LogP contribution is -2.54. The number of aryl methyl sites for hydroxylation is 1. The van der Waals surface area contributed by atoms with Crippen LogP contribution in [0.2, 0.25) is 0 Å². The molecule has 0 spiro atoms. The molecule has 0 radical (unpaired) electrons. The third kappa shape index (κ3) is 2.29. The second-order valence-electron chi connectivity index (χ2n) is 5.19. The van der Waals surface area contributed by atoms with Crippen LogP contribution in [0.5, 0.6) is 0 Å². The van der Waals surface area contributed by atoms with Crippen LogP contribution in [-0.2, 0) is 17.6 Å². The molecule has 0 bridgehead atoms. The number of nitrogens with zero attached hydrogens (tertiary/aromatic N) is 3. The molecule has 0 aromatic carbocycles. The minimum Gasteiger partial charge on any atom is -0.480 e. The second kappa shape index (κ2) is 5.24. The summed E-state index contributed by atoms with van der Waals surface area (Å²) < 4.78 is 0. The van der Waals surface area contributed by atoms with Gasteiger partial charge in [-0.15, -0.1) is 0 Å². The Kier molecular flexibility index (Phi) is 3.43. The zero-order valence-electron chi connectivity index (χ0n) is 11.5. The van der Waals surface area contributed by atoms with Crippen LogP contribution in [0.3, 0.4) is 0 Å². The fourth-order valence-corrected chi connectivity index (χ4v) is 2.86. The number of aromatic nitrogens is 2. The topological polar surface area (TPSA) is 90.4 Å². The number of carboxylic acids is 1. The van der Waals surface area contributed by atoms with Gasteiger partial charge in [-0.1, -0.05) is 0 Å². The van der Waals surface area contributed by atoms with E-state index in [1.165, 1.54) is 5.56 Å². The molecule has 108 valence electrons. The first-order chi connectivity index (χ1) is 9.69. The van der Waals surface area contributed by atoms with Gasteiger partial charge in [0.05, 0.1) is 5.69 Å². The molecular weight excluding hydrogens is 258 g/mol. The lowest BCUT2D eigenvalue weighted by molar-refractivity contribution is -0.139. The summed E-state index contributed by atoms with van der Waals surface area (Å²) in [6, 6.07) is -0.557. The van der Waals surface area contributed by atoms with Crippen molar-refractivity contribution in [2.75, 3.05) is 36.9 Å². The highest BCUT2D eigenvalue weighted by Gasteiger charge is 2.28. The van der Waals surface area contributed by atoms with Gasteiger partial charge in [-0.25, -0.2) is 4.98 Å². The van der Waals surface area contributed by atoms with E-state index >= 15 is 0 Å². The van der Waals surface area contributed by atoms with Crippen molar-refractivity contribution in [3.05, 3.63) is 11.3 Å². The Labute approximate surface area is 117 Å². The number of aliphatic carboxylic acids is 1. The van der Waals surface area contributed by atoms with Crippen LogP contribution in [0.4, 0.5) is 11.8 Å². The van der Waals surface area contributed by atoms with Gasteiger partial charge < -0.3 is 20.6 Å². The molecule has 0 unspecified atom stereocenters. The number of carboxylic acid groups (broad SMARTS) is 1. The highest BCUT2D eigenvalue weighted by molar-refractivity contribution is 5.74. The number of rotatable bonds is 3. The Bertz CT molecular complexity index is 534. The molecule has 1 atom stereocenters. The van der Waals surface area contributed by atoms with E-state index in [1.54, 1.807) is 0 Å². The summed E-state index contributed by atoms with van der Waals surface area (Å²) in [5, 5.41) is 15.2. The van der Waals surface area contributed by atoms with E-state index in [4.69, 9.17) is 5.11 Å². The Morgan fingerprint density at radius 2 is 2.30 bits per heavy atom. The molecule has 2 aliphatic rings. The predicted octanol–water partition coefficient (Wildman–Crippen LogP) is -0.130. The number of hydrogen-bond acceptors (Lipinski definition) is 6. The van der Waals surface area contributed by atoms with E-state index in [0.29, 0.717) is 19.0 Å². The summed E-state index contributed by atoms with van der Waals surface area (Å²) in [6.07, 6.45) is 3.11. The third-order valence-corrected chi connectivity index (χ3v) is 3.91. The third-order valence-electron chi connectivity index (χ3n) is 3.91. The lowest BCUT2D eigenvalue weighted by atomic mass is 10.2. The monoisotopic (exact) mass is 277 g/mol. The number of anilines is 2. The van der Waals surface area contributed by atoms with Gasteiger partial charge >= 0.3 is 5.97 Å². The van der Waals surface area contributed by atoms with E-state index in [9.17, 15) is 4.79 Å². The molecule has 0 saturated carbocycles. The summed E-state index contributed by atoms with van der Waals surface area (Å²) >= 11 is 0. The zero-order chi connectivity index (χ0) is 14.1. The van der Waals surface area contributed by atoms with Crippen LogP contribution in [0.25, 0.3) is 0 Å². The van der Waals surface area contributed by atoms with Crippen LogP contribution in [0, 0.1) is 0 Å². The first kappa shape index (κ1) is 13.1. The van der Waals surface area contributed by atoms with Gasteiger partial charge in [0.15, 0.2) is 0 Å². The number of fused-ring (bicyclic) bond motifs is 1. The van der Waals surface area contributed by atoms with Crippen molar-refractivity contribution in [3.8, 4) is 0 Å². The molecule has 7 nitrogen and oxygen atoms in total. The van der Waals surface area contributed by atoms with Gasteiger partial charge in [0, 0.05) is 32.2 Å². The smallest absolute Gasteiger partial charge is 0.322 e. The summed E-state index contributed by atoms with van der Waals surface area (Å²) in [6.45, 7) is 1.76.